The maximum Gasteiger partial charge on any atom is 0.338 e. The van der Waals surface area contributed by atoms with Gasteiger partial charge in [-0.2, -0.15) is 0 Å². The number of thiocarbonyl (C=S) groups is 1. The van der Waals surface area contributed by atoms with Crippen molar-refractivity contribution < 1.29 is 23.7 Å². The molecule has 32 heavy (non-hydrogen) atoms. The molecule has 0 aromatic heterocycles. The van der Waals surface area contributed by atoms with Crippen LogP contribution >= 0.6 is 12.2 Å². The highest BCUT2D eigenvalue weighted by Gasteiger charge is 2.31. The summed E-state index contributed by atoms with van der Waals surface area (Å²) >= 11 is 5.64. The van der Waals surface area contributed by atoms with Gasteiger partial charge in [0.2, 0.25) is 0 Å². The number of benzene rings is 2. The lowest BCUT2D eigenvalue weighted by Gasteiger charge is -2.39. The fraction of sp³-hybridized carbons (Fsp3) is 0.417. The van der Waals surface area contributed by atoms with Crippen LogP contribution in [0.5, 0.6) is 17.2 Å². The third-order valence-electron chi connectivity index (χ3n) is 5.36. The van der Waals surface area contributed by atoms with Gasteiger partial charge in [-0.1, -0.05) is 0 Å². The summed E-state index contributed by atoms with van der Waals surface area (Å²) in [5.41, 5.74) is 2.77. The Kier molecular flexibility index (Phi) is 8.16. The zero-order valence-corrected chi connectivity index (χ0v) is 19.8. The minimum Gasteiger partial charge on any atom is -0.493 e. The van der Waals surface area contributed by atoms with Gasteiger partial charge in [0, 0.05) is 13.1 Å². The fourth-order valence-electron chi connectivity index (χ4n) is 3.78. The van der Waals surface area contributed by atoms with E-state index in [1.165, 1.54) is 5.56 Å². The topological polar surface area (TPSA) is 69.3 Å². The highest BCUT2D eigenvalue weighted by molar-refractivity contribution is 7.80. The van der Waals surface area contributed by atoms with Crippen molar-refractivity contribution in [1.29, 1.82) is 0 Å². The number of carbonyl (C=O) groups is 1. The molecule has 0 radical (unpaired) electrons. The first-order chi connectivity index (χ1) is 15.5. The molecule has 0 saturated carbocycles. The van der Waals surface area contributed by atoms with Crippen molar-refractivity contribution in [3.05, 3.63) is 53.1 Å². The van der Waals surface area contributed by atoms with Crippen LogP contribution in [0, 0.1) is 0 Å². The lowest BCUT2D eigenvalue weighted by atomic mass is 9.92. The molecule has 1 heterocycles. The van der Waals surface area contributed by atoms with Gasteiger partial charge in [0.25, 0.3) is 0 Å². The summed E-state index contributed by atoms with van der Waals surface area (Å²) in [4.78, 5) is 14.0. The molecular weight excluding hydrogens is 428 g/mol. The van der Waals surface area contributed by atoms with Crippen molar-refractivity contribution in [2.45, 2.75) is 26.3 Å². The Morgan fingerprint density at radius 3 is 2.44 bits per heavy atom. The number of nitrogens with one attached hydrogen (secondary N) is 1. The molecule has 0 saturated heterocycles. The van der Waals surface area contributed by atoms with Gasteiger partial charge < -0.3 is 29.2 Å². The Morgan fingerprint density at radius 2 is 1.81 bits per heavy atom. The third-order valence-corrected chi connectivity index (χ3v) is 5.74. The van der Waals surface area contributed by atoms with Crippen LogP contribution in [0.4, 0.5) is 0 Å². The van der Waals surface area contributed by atoms with E-state index in [0.29, 0.717) is 41.1 Å². The summed E-state index contributed by atoms with van der Waals surface area (Å²) in [5, 5.41) is 3.95. The average Bonchev–Trinajstić information content (AvgIpc) is 2.82. The summed E-state index contributed by atoms with van der Waals surface area (Å²) in [6, 6.07) is 10.9. The number of fused-ring (bicyclic) bond motifs is 1. The number of carbonyl (C=O) groups excluding carboxylic acids is 1. The molecular formula is C24H30N2O5S. The molecule has 0 amide bonds. The van der Waals surface area contributed by atoms with E-state index >= 15 is 0 Å². The van der Waals surface area contributed by atoms with Crippen molar-refractivity contribution in [3.63, 3.8) is 0 Å². The van der Waals surface area contributed by atoms with E-state index in [1.807, 2.05) is 19.1 Å². The van der Waals surface area contributed by atoms with E-state index < -0.39 is 0 Å². The molecule has 1 aliphatic heterocycles. The Labute approximate surface area is 194 Å². The summed E-state index contributed by atoms with van der Waals surface area (Å²) < 4.78 is 22.2. The van der Waals surface area contributed by atoms with Crippen molar-refractivity contribution >= 4 is 23.3 Å². The first-order valence-corrected chi connectivity index (χ1v) is 11.1. The van der Waals surface area contributed by atoms with E-state index in [1.54, 1.807) is 45.4 Å². The number of esters is 1. The maximum atomic E-state index is 11.9. The van der Waals surface area contributed by atoms with Crippen LogP contribution in [-0.2, 0) is 11.2 Å². The number of methoxy groups -OCH3 is 2. The Hall–Kier alpha value is -3.00. The molecule has 0 fully saturated rings. The van der Waals surface area contributed by atoms with Gasteiger partial charge >= 0.3 is 5.97 Å². The Morgan fingerprint density at radius 1 is 1.12 bits per heavy atom. The van der Waals surface area contributed by atoms with Crippen molar-refractivity contribution in [3.8, 4) is 17.2 Å². The second-order valence-corrected chi connectivity index (χ2v) is 7.64. The van der Waals surface area contributed by atoms with Crippen LogP contribution in [0.1, 0.15) is 41.4 Å². The number of ether oxygens (including phenoxy) is 4. The smallest absolute Gasteiger partial charge is 0.338 e. The van der Waals surface area contributed by atoms with E-state index in [0.717, 1.165) is 25.1 Å². The lowest BCUT2D eigenvalue weighted by Crippen LogP contribution is -2.47. The molecule has 8 heteroatoms. The zero-order chi connectivity index (χ0) is 23.1. The van der Waals surface area contributed by atoms with Gasteiger partial charge in [-0.15, -0.1) is 0 Å². The predicted octanol–water partition coefficient (Wildman–Crippen LogP) is 3.75. The van der Waals surface area contributed by atoms with E-state index in [4.69, 9.17) is 31.2 Å². The van der Waals surface area contributed by atoms with Crippen molar-refractivity contribution in [1.82, 2.24) is 10.2 Å². The van der Waals surface area contributed by atoms with Crippen LogP contribution < -0.4 is 19.5 Å². The molecule has 0 aliphatic carbocycles. The van der Waals surface area contributed by atoms with E-state index in [2.05, 4.69) is 10.2 Å². The molecule has 7 nitrogen and oxygen atoms in total. The fourth-order valence-corrected chi connectivity index (χ4v) is 4.14. The number of rotatable bonds is 8. The minimum atomic E-state index is -0.344. The van der Waals surface area contributed by atoms with Crippen LogP contribution in [0.15, 0.2) is 36.4 Å². The second-order valence-electron chi connectivity index (χ2n) is 7.26. The summed E-state index contributed by atoms with van der Waals surface area (Å²) in [7, 11) is 3.27. The molecule has 0 spiro atoms. The van der Waals surface area contributed by atoms with Gasteiger partial charge in [0.15, 0.2) is 16.6 Å². The Balaban J connectivity index is 1.85. The quantitative estimate of drug-likeness (QED) is 0.474. The second kappa shape index (κ2) is 11.0. The normalized spacial score (nSPS) is 14.9. The molecule has 2 aromatic carbocycles. The largest absolute Gasteiger partial charge is 0.493 e. The van der Waals surface area contributed by atoms with Gasteiger partial charge in [0.1, 0.15) is 12.4 Å². The number of hydrogen-bond donors (Lipinski definition) is 1. The highest BCUT2D eigenvalue weighted by atomic mass is 32.1. The highest BCUT2D eigenvalue weighted by Crippen LogP contribution is 2.38. The molecule has 172 valence electrons. The standard InChI is InChI=1S/C24H30N2O5S/c1-5-25-24(32)26-12-11-17-13-21(28-3)22(29-4)14-19(17)20(26)15-31-18-9-7-16(8-10-18)23(27)30-6-2/h7-10,13-14,20H,5-6,11-12,15H2,1-4H3,(H,25,32). The number of nitrogens with zero attached hydrogens (tertiary/aromatic N) is 1. The molecule has 1 aliphatic rings. The van der Waals surface area contributed by atoms with Crippen LogP contribution in [0.2, 0.25) is 0 Å². The van der Waals surface area contributed by atoms with Crippen LogP contribution in [0.25, 0.3) is 0 Å². The van der Waals surface area contributed by atoms with Crippen molar-refractivity contribution in [2.24, 2.45) is 0 Å². The van der Waals surface area contributed by atoms with Gasteiger partial charge in [-0.05, 0) is 80.0 Å². The summed E-state index contributed by atoms with van der Waals surface area (Å²) in [6.45, 7) is 6.04. The van der Waals surface area contributed by atoms with E-state index in [9.17, 15) is 4.79 Å². The van der Waals surface area contributed by atoms with E-state index in [-0.39, 0.29) is 12.0 Å². The molecule has 1 atom stereocenters. The van der Waals surface area contributed by atoms with Crippen molar-refractivity contribution in [2.75, 3.05) is 40.5 Å². The molecule has 2 aromatic rings. The summed E-state index contributed by atoms with van der Waals surface area (Å²) in [5.74, 6) is 1.71. The van der Waals surface area contributed by atoms with Crippen LogP contribution in [-0.4, -0.2) is 56.5 Å². The van der Waals surface area contributed by atoms with Gasteiger partial charge in [-0.25, -0.2) is 4.79 Å². The predicted molar refractivity (Wildman–Crippen MR) is 127 cm³/mol. The monoisotopic (exact) mass is 458 g/mol. The van der Waals surface area contributed by atoms with Gasteiger partial charge in [-0.3, -0.25) is 0 Å². The minimum absolute atomic E-state index is 0.102. The summed E-state index contributed by atoms with van der Waals surface area (Å²) in [6.07, 6.45) is 0.839. The first kappa shape index (κ1) is 23.7. The Bertz CT molecular complexity index is 948. The number of hydrogen-bond acceptors (Lipinski definition) is 6. The molecule has 3 rings (SSSR count). The molecule has 1 N–H and O–H groups in total. The van der Waals surface area contributed by atoms with Crippen LogP contribution in [0.3, 0.4) is 0 Å². The lowest BCUT2D eigenvalue weighted by molar-refractivity contribution is 0.0526. The zero-order valence-electron chi connectivity index (χ0n) is 19.0. The molecule has 1 unspecified atom stereocenters. The maximum absolute atomic E-state index is 11.9. The molecule has 0 bridgehead atoms. The van der Waals surface area contributed by atoms with Gasteiger partial charge in [0.05, 0.1) is 32.4 Å². The SMILES string of the molecule is CCNC(=S)N1CCc2cc(OC)c(OC)cc2C1COc1ccc(C(=O)OCC)cc1. The average molecular weight is 459 g/mol. The first-order valence-electron chi connectivity index (χ1n) is 10.7. The third kappa shape index (κ3) is 5.24.